The van der Waals surface area contributed by atoms with Crippen LogP contribution in [0.1, 0.15) is 5.56 Å². The summed E-state index contributed by atoms with van der Waals surface area (Å²) in [5.74, 6) is 0.610. The Kier molecular flexibility index (Phi) is 4.31. The number of fused-ring (bicyclic) bond motifs is 1. The molecule has 1 unspecified atom stereocenters. The third-order valence-electron chi connectivity index (χ3n) is 3.62. The standard InChI is InChI=1S/C16H16INO3S/c1-12-6-8-14(9-7-12)22(19,20)18-13(10-17)11-21-16-5-3-2-4-15(16)18/h2-9,13H,10-11H2,1H3. The van der Waals surface area contributed by atoms with E-state index < -0.39 is 10.0 Å². The summed E-state index contributed by atoms with van der Waals surface area (Å²) in [4.78, 5) is 0.310. The first-order chi connectivity index (χ1) is 10.5. The fraction of sp³-hybridized carbons (Fsp3) is 0.250. The normalized spacial score (nSPS) is 17.7. The molecule has 22 heavy (non-hydrogen) atoms. The van der Waals surface area contributed by atoms with Crippen molar-refractivity contribution in [1.29, 1.82) is 0 Å². The number of sulfonamides is 1. The van der Waals surface area contributed by atoms with Gasteiger partial charge < -0.3 is 4.74 Å². The molecule has 4 nitrogen and oxygen atoms in total. The monoisotopic (exact) mass is 429 g/mol. The van der Waals surface area contributed by atoms with Crippen molar-refractivity contribution >= 4 is 38.3 Å². The Morgan fingerprint density at radius 2 is 1.86 bits per heavy atom. The van der Waals surface area contributed by atoms with Crippen LogP contribution in [0, 0.1) is 6.92 Å². The third kappa shape index (κ3) is 2.69. The average Bonchev–Trinajstić information content (AvgIpc) is 2.54. The number of hydrogen-bond donors (Lipinski definition) is 0. The van der Waals surface area contributed by atoms with Crippen molar-refractivity contribution in [3.8, 4) is 5.75 Å². The highest BCUT2D eigenvalue weighted by Crippen LogP contribution is 2.37. The second-order valence-electron chi connectivity index (χ2n) is 5.20. The summed E-state index contributed by atoms with van der Waals surface area (Å²) in [5.41, 5.74) is 1.64. The van der Waals surface area contributed by atoms with Crippen LogP contribution in [0.2, 0.25) is 0 Å². The van der Waals surface area contributed by atoms with Gasteiger partial charge in [-0.2, -0.15) is 0 Å². The minimum atomic E-state index is -3.60. The van der Waals surface area contributed by atoms with Crippen molar-refractivity contribution in [3.63, 3.8) is 0 Å². The molecular formula is C16H16INO3S. The number of anilines is 1. The summed E-state index contributed by atoms with van der Waals surface area (Å²) in [6, 6.07) is 14.0. The van der Waals surface area contributed by atoms with Gasteiger partial charge in [-0.1, -0.05) is 52.4 Å². The maximum absolute atomic E-state index is 13.1. The molecule has 0 bridgehead atoms. The highest BCUT2D eigenvalue weighted by atomic mass is 127. The lowest BCUT2D eigenvalue weighted by molar-refractivity contribution is 0.284. The van der Waals surface area contributed by atoms with E-state index in [1.165, 1.54) is 4.31 Å². The largest absolute Gasteiger partial charge is 0.489 e. The van der Waals surface area contributed by atoms with E-state index in [0.29, 0.717) is 27.4 Å². The summed E-state index contributed by atoms with van der Waals surface area (Å²) in [5, 5.41) is 0. The molecule has 2 aromatic carbocycles. The maximum Gasteiger partial charge on any atom is 0.264 e. The van der Waals surface area contributed by atoms with Crippen LogP contribution in [0.3, 0.4) is 0 Å². The van der Waals surface area contributed by atoms with E-state index in [1.54, 1.807) is 24.3 Å². The van der Waals surface area contributed by atoms with E-state index >= 15 is 0 Å². The van der Waals surface area contributed by atoms with Gasteiger partial charge in [0.2, 0.25) is 0 Å². The number of para-hydroxylation sites is 2. The molecule has 0 fully saturated rings. The van der Waals surface area contributed by atoms with Gasteiger partial charge in [-0.05, 0) is 31.2 Å². The summed E-state index contributed by atoms with van der Waals surface area (Å²) in [6.07, 6.45) is 0. The van der Waals surface area contributed by atoms with Crippen molar-refractivity contribution in [2.45, 2.75) is 17.9 Å². The number of benzene rings is 2. The Labute approximate surface area is 144 Å². The minimum absolute atomic E-state index is 0.207. The number of nitrogens with zero attached hydrogens (tertiary/aromatic N) is 1. The van der Waals surface area contributed by atoms with Gasteiger partial charge in [0.15, 0.2) is 0 Å². The number of hydrogen-bond acceptors (Lipinski definition) is 3. The molecule has 3 rings (SSSR count). The summed E-state index contributed by atoms with van der Waals surface area (Å²) < 4.78 is 34.1. The second kappa shape index (κ2) is 6.08. The topological polar surface area (TPSA) is 46.6 Å². The molecule has 0 aromatic heterocycles. The van der Waals surface area contributed by atoms with Gasteiger partial charge in [0.1, 0.15) is 12.4 Å². The fourth-order valence-corrected chi connectivity index (χ4v) is 5.03. The Balaban J connectivity index is 2.13. The molecule has 1 aliphatic heterocycles. The van der Waals surface area contributed by atoms with Gasteiger partial charge in [-0.3, -0.25) is 4.31 Å². The van der Waals surface area contributed by atoms with Crippen molar-refractivity contribution in [2.24, 2.45) is 0 Å². The first-order valence-corrected chi connectivity index (χ1v) is 9.89. The predicted octanol–water partition coefficient (Wildman–Crippen LogP) is 3.39. The molecule has 0 N–H and O–H groups in total. The SMILES string of the molecule is Cc1ccc(S(=O)(=O)N2c3ccccc3OCC2CI)cc1. The molecule has 2 aromatic rings. The summed E-state index contributed by atoms with van der Waals surface area (Å²) in [7, 11) is -3.60. The minimum Gasteiger partial charge on any atom is -0.489 e. The molecule has 0 amide bonds. The van der Waals surface area contributed by atoms with Gasteiger partial charge in [0, 0.05) is 4.43 Å². The zero-order valence-corrected chi connectivity index (χ0v) is 15.0. The first kappa shape index (κ1) is 15.6. The molecule has 0 spiro atoms. The quantitative estimate of drug-likeness (QED) is 0.555. The van der Waals surface area contributed by atoms with Crippen LogP contribution in [0.25, 0.3) is 0 Å². The van der Waals surface area contributed by atoms with E-state index in [4.69, 9.17) is 4.74 Å². The van der Waals surface area contributed by atoms with Crippen molar-refractivity contribution in [3.05, 3.63) is 54.1 Å². The van der Waals surface area contributed by atoms with Gasteiger partial charge in [-0.15, -0.1) is 0 Å². The van der Waals surface area contributed by atoms with Crippen LogP contribution in [-0.2, 0) is 10.0 Å². The highest BCUT2D eigenvalue weighted by Gasteiger charge is 2.36. The molecule has 0 saturated heterocycles. The smallest absolute Gasteiger partial charge is 0.264 e. The predicted molar refractivity (Wildman–Crippen MR) is 95.5 cm³/mol. The molecule has 1 aliphatic rings. The van der Waals surface area contributed by atoms with Crippen LogP contribution in [-0.4, -0.2) is 25.5 Å². The number of alkyl halides is 1. The molecule has 1 atom stereocenters. The van der Waals surface area contributed by atoms with Crippen LogP contribution in [0.5, 0.6) is 5.75 Å². The Morgan fingerprint density at radius 1 is 1.18 bits per heavy atom. The van der Waals surface area contributed by atoms with E-state index in [1.807, 2.05) is 31.2 Å². The van der Waals surface area contributed by atoms with Gasteiger partial charge in [-0.25, -0.2) is 8.42 Å². The van der Waals surface area contributed by atoms with Crippen molar-refractivity contribution in [1.82, 2.24) is 0 Å². The second-order valence-corrected chi connectivity index (χ2v) is 7.90. The molecule has 0 radical (unpaired) electrons. The lowest BCUT2D eigenvalue weighted by atomic mass is 10.2. The summed E-state index contributed by atoms with van der Waals surface area (Å²) in [6.45, 7) is 2.30. The van der Waals surface area contributed by atoms with Crippen LogP contribution in [0.4, 0.5) is 5.69 Å². The van der Waals surface area contributed by atoms with Gasteiger partial charge in [0.05, 0.1) is 16.6 Å². The van der Waals surface area contributed by atoms with E-state index in [-0.39, 0.29) is 6.04 Å². The van der Waals surface area contributed by atoms with Crippen LogP contribution in [0.15, 0.2) is 53.4 Å². The van der Waals surface area contributed by atoms with E-state index in [0.717, 1.165) is 5.56 Å². The number of ether oxygens (including phenoxy) is 1. The zero-order valence-electron chi connectivity index (χ0n) is 12.1. The molecule has 1 heterocycles. The fourth-order valence-electron chi connectivity index (χ4n) is 2.47. The number of aryl methyl sites for hydroxylation is 1. The Morgan fingerprint density at radius 3 is 2.55 bits per heavy atom. The number of halogens is 1. The highest BCUT2D eigenvalue weighted by molar-refractivity contribution is 14.1. The first-order valence-electron chi connectivity index (χ1n) is 6.93. The average molecular weight is 429 g/mol. The van der Waals surface area contributed by atoms with E-state index in [9.17, 15) is 8.42 Å². The lowest BCUT2D eigenvalue weighted by Gasteiger charge is -2.36. The van der Waals surface area contributed by atoms with Crippen LogP contribution >= 0.6 is 22.6 Å². The zero-order chi connectivity index (χ0) is 15.7. The van der Waals surface area contributed by atoms with Crippen molar-refractivity contribution < 1.29 is 13.2 Å². The summed E-state index contributed by atoms with van der Waals surface area (Å²) >= 11 is 2.20. The van der Waals surface area contributed by atoms with Gasteiger partial charge >= 0.3 is 0 Å². The van der Waals surface area contributed by atoms with Gasteiger partial charge in [0.25, 0.3) is 10.0 Å². The molecule has 0 saturated carbocycles. The number of rotatable bonds is 3. The molecule has 6 heteroatoms. The van der Waals surface area contributed by atoms with Crippen molar-refractivity contribution in [2.75, 3.05) is 15.3 Å². The molecular weight excluding hydrogens is 413 g/mol. The molecule has 0 aliphatic carbocycles. The van der Waals surface area contributed by atoms with Crippen LogP contribution < -0.4 is 9.04 Å². The van der Waals surface area contributed by atoms with E-state index in [2.05, 4.69) is 22.6 Å². The molecule has 116 valence electrons. The Hall–Kier alpha value is -1.28. The third-order valence-corrected chi connectivity index (χ3v) is 6.52. The Bertz CT molecular complexity index is 774. The lowest BCUT2D eigenvalue weighted by Crippen LogP contribution is -2.47. The maximum atomic E-state index is 13.1.